The number of benzene rings is 1. The van der Waals surface area contributed by atoms with Gasteiger partial charge >= 0.3 is 0 Å². The first-order valence-electron chi connectivity index (χ1n) is 7.52. The highest BCUT2D eigenvalue weighted by atomic mass is 35.5. The van der Waals surface area contributed by atoms with Gasteiger partial charge in [0.05, 0.1) is 11.9 Å². The van der Waals surface area contributed by atoms with E-state index in [9.17, 15) is 9.90 Å². The van der Waals surface area contributed by atoms with Crippen LogP contribution < -0.4 is 4.90 Å². The number of hydrogen-bond acceptors (Lipinski definition) is 4. The Hall–Kier alpha value is -2.11. The summed E-state index contributed by atoms with van der Waals surface area (Å²) in [6.45, 7) is 2.62. The van der Waals surface area contributed by atoms with Crippen molar-refractivity contribution in [1.29, 1.82) is 0 Å². The average molecular weight is 332 g/mol. The molecule has 0 saturated carbocycles. The highest BCUT2D eigenvalue weighted by Crippen LogP contribution is 2.20. The van der Waals surface area contributed by atoms with Gasteiger partial charge in [0, 0.05) is 37.4 Å². The predicted octanol–water partition coefficient (Wildman–Crippen LogP) is 2.12. The fourth-order valence-electron chi connectivity index (χ4n) is 2.69. The molecule has 5 nitrogen and oxygen atoms in total. The summed E-state index contributed by atoms with van der Waals surface area (Å²) < 4.78 is 0. The quantitative estimate of drug-likeness (QED) is 0.936. The highest BCUT2D eigenvalue weighted by Gasteiger charge is 2.27. The lowest BCUT2D eigenvalue weighted by Crippen LogP contribution is -2.50. The topological polar surface area (TPSA) is 56.7 Å². The number of halogens is 1. The molecule has 1 aliphatic heterocycles. The van der Waals surface area contributed by atoms with Crippen LogP contribution in [0.15, 0.2) is 48.8 Å². The Kier molecular flexibility index (Phi) is 4.79. The second kappa shape index (κ2) is 6.98. The largest absolute Gasteiger partial charge is 0.378 e. The monoisotopic (exact) mass is 331 g/mol. The van der Waals surface area contributed by atoms with Crippen LogP contribution in [0.1, 0.15) is 11.7 Å². The number of piperazine rings is 1. The molecule has 0 unspecified atom stereocenters. The minimum absolute atomic E-state index is 0.266. The van der Waals surface area contributed by atoms with Crippen molar-refractivity contribution in [3.8, 4) is 0 Å². The van der Waals surface area contributed by atoms with Crippen LogP contribution >= 0.6 is 11.6 Å². The Morgan fingerprint density at radius 3 is 2.43 bits per heavy atom. The summed E-state index contributed by atoms with van der Waals surface area (Å²) in [5.74, 6) is -0.266. The molecule has 2 heterocycles. The number of hydrogen-bond donors (Lipinski definition) is 1. The van der Waals surface area contributed by atoms with Gasteiger partial charge in [0.25, 0.3) is 5.91 Å². The van der Waals surface area contributed by atoms with Crippen LogP contribution in [-0.2, 0) is 4.79 Å². The van der Waals surface area contributed by atoms with E-state index in [0.29, 0.717) is 23.7 Å². The number of rotatable bonds is 3. The van der Waals surface area contributed by atoms with Gasteiger partial charge < -0.3 is 14.9 Å². The summed E-state index contributed by atoms with van der Waals surface area (Å²) in [5.41, 5.74) is 1.62. The average Bonchev–Trinajstić information content (AvgIpc) is 2.62. The summed E-state index contributed by atoms with van der Waals surface area (Å²) in [6, 6.07) is 10.6. The van der Waals surface area contributed by atoms with E-state index in [1.807, 2.05) is 18.3 Å². The molecule has 23 heavy (non-hydrogen) atoms. The molecule has 0 bridgehead atoms. The molecule has 1 aromatic heterocycles. The van der Waals surface area contributed by atoms with Gasteiger partial charge in [-0.2, -0.15) is 0 Å². The maximum absolute atomic E-state index is 12.4. The number of anilines is 1. The number of nitrogens with zero attached hydrogens (tertiary/aromatic N) is 3. The van der Waals surface area contributed by atoms with Gasteiger partial charge in [0.2, 0.25) is 0 Å². The number of aliphatic hydroxyl groups excluding tert-OH is 1. The number of amides is 1. The summed E-state index contributed by atoms with van der Waals surface area (Å²) in [6.07, 6.45) is 2.42. The van der Waals surface area contributed by atoms with Crippen LogP contribution in [0, 0.1) is 0 Å². The molecule has 0 spiro atoms. The van der Waals surface area contributed by atoms with Gasteiger partial charge in [-0.05, 0) is 29.8 Å². The zero-order valence-corrected chi connectivity index (χ0v) is 13.4. The smallest absolute Gasteiger partial charge is 0.256 e. The minimum Gasteiger partial charge on any atom is -0.378 e. The molecule has 0 radical (unpaired) electrons. The van der Waals surface area contributed by atoms with Crippen LogP contribution in [0.5, 0.6) is 0 Å². The van der Waals surface area contributed by atoms with E-state index in [0.717, 1.165) is 18.8 Å². The third-order valence-electron chi connectivity index (χ3n) is 4.02. The van der Waals surface area contributed by atoms with Crippen LogP contribution in [0.2, 0.25) is 5.02 Å². The number of aromatic nitrogens is 1. The lowest BCUT2D eigenvalue weighted by atomic mass is 10.1. The fourth-order valence-corrected chi connectivity index (χ4v) is 2.81. The first-order chi connectivity index (χ1) is 11.1. The molecule has 2 aromatic rings. The lowest BCUT2D eigenvalue weighted by molar-refractivity contribution is -0.140. The van der Waals surface area contributed by atoms with Crippen LogP contribution in [-0.4, -0.2) is 47.1 Å². The van der Waals surface area contributed by atoms with Crippen LogP contribution in [0.25, 0.3) is 0 Å². The molecule has 1 aliphatic rings. The number of aliphatic hydroxyl groups is 1. The number of pyridine rings is 1. The Balaban J connectivity index is 1.60. The predicted molar refractivity (Wildman–Crippen MR) is 89.4 cm³/mol. The summed E-state index contributed by atoms with van der Waals surface area (Å²) in [7, 11) is 0. The zero-order chi connectivity index (χ0) is 16.2. The van der Waals surface area contributed by atoms with Crippen LogP contribution in [0.3, 0.4) is 0 Å². The molecule has 120 valence electrons. The first-order valence-corrected chi connectivity index (χ1v) is 7.90. The van der Waals surface area contributed by atoms with E-state index >= 15 is 0 Å². The molecule has 3 rings (SSSR count). The third kappa shape index (κ3) is 3.63. The molecule has 1 N–H and O–H groups in total. The number of carbonyl (C=O) groups excluding carboxylic acids is 1. The van der Waals surface area contributed by atoms with Crippen LogP contribution in [0.4, 0.5) is 5.69 Å². The SMILES string of the molecule is O=C([C@@H](O)c1ccc(Cl)cc1)N1CCN(c2cccnc2)CC1. The molecular formula is C17H18ClN3O2. The Labute approximate surface area is 140 Å². The van der Waals surface area contributed by atoms with E-state index in [1.54, 1.807) is 35.4 Å². The molecular weight excluding hydrogens is 314 g/mol. The van der Waals surface area contributed by atoms with E-state index in [2.05, 4.69) is 9.88 Å². The molecule has 0 aliphatic carbocycles. The van der Waals surface area contributed by atoms with E-state index < -0.39 is 6.10 Å². The Morgan fingerprint density at radius 1 is 1.13 bits per heavy atom. The summed E-state index contributed by atoms with van der Waals surface area (Å²) >= 11 is 5.83. The van der Waals surface area contributed by atoms with Crippen molar-refractivity contribution < 1.29 is 9.90 Å². The van der Waals surface area contributed by atoms with Crippen molar-refractivity contribution in [2.75, 3.05) is 31.1 Å². The van der Waals surface area contributed by atoms with Gasteiger partial charge in [-0.3, -0.25) is 9.78 Å². The maximum atomic E-state index is 12.4. The summed E-state index contributed by atoms with van der Waals surface area (Å²) in [5, 5.41) is 10.8. The van der Waals surface area contributed by atoms with Gasteiger partial charge in [-0.1, -0.05) is 23.7 Å². The standard InChI is InChI=1S/C17H18ClN3O2/c18-14-5-3-13(4-6-14)16(22)17(23)21-10-8-20(9-11-21)15-2-1-7-19-12-15/h1-7,12,16,22H,8-11H2/t16-/m0/s1. The van der Waals surface area contributed by atoms with Gasteiger partial charge in [-0.15, -0.1) is 0 Å². The first kappa shape index (κ1) is 15.8. The van der Waals surface area contributed by atoms with E-state index in [-0.39, 0.29) is 5.91 Å². The molecule has 1 aromatic carbocycles. The van der Waals surface area contributed by atoms with Gasteiger partial charge in [0.1, 0.15) is 0 Å². The fraction of sp³-hybridized carbons (Fsp3) is 0.294. The van der Waals surface area contributed by atoms with Crippen molar-refractivity contribution >= 4 is 23.2 Å². The van der Waals surface area contributed by atoms with Crippen molar-refractivity contribution in [2.45, 2.75) is 6.10 Å². The van der Waals surface area contributed by atoms with E-state index in [1.165, 1.54) is 0 Å². The van der Waals surface area contributed by atoms with Crippen molar-refractivity contribution in [2.24, 2.45) is 0 Å². The van der Waals surface area contributed by atoms with Gasteiger partial charge in [0.15, 0.2) is 6.10 Å². The lowest BCUT2D eigenvalue weighted by Gasteiger charge is -2.36. The van der Waals surface area contributed by atoms with Crippen molar-refractivity contribution in [3.05, 3.63) is 59.4 Å². The number of carbonyl (C=O) groups is 1. The Bertz CT molecular complexity index is 655. The molecule has 6 heteroatoms. The molecule has 1 fully saturated rings. The minimum atomic E-state index is -1.14. The highest BCUT2D eigenvalue weighted by molar-refractivity contribution is 6.30. The second-order valence-electron chi connectivity index (χ2n) is 5.48. The maximum Gasteiger partial charge on any atom is 0.256 e. The normalized spacial score (nSPS) is 16.3. The summed E-state index contributed by atoms with van der Waals surface area (Å²) in [4.78, 5) is 20.4. The van der Waals surface area contributed by atoms with Crippen molar-refractivity contribution in [1.82, 2.24) is 9.88 Å². The molecule has 1 saturated heterocycles. The van der Waals surface area contributed by atoms with Crippen molar-refractivity contribution in [3.63, 3.8) is 0 Å². The third-order valence-corrected chi connectivity index (χ3v) is 4.27. The van der Waals surface area contributed by atoms with E-state index in [4.69, 9.17) is 11.6 Å². The Morgan fingerprint density at radius 2 is 1.83 bits per heavy atom. The second-order valence-corrected chi connectivity index (χ2v) is 5.91. The van der Waals surface area contributed by atoms with Gasteiger partial charge in [-0.25, -0.2) is 0 Å². The molecule has 1 amide bonds. The molecule has 1 atom stereocenters. The zero-order valence-electron chi connectivity index (χ0n) is 12.6.